The number of benzene rings is 2. The Kier molecular flexibility index (Phi) is 3.38. The maximum absolute atomic E-state index is 13.6. The van der Waals surface area contributed by atoms with E-state index in [-0.39, 0.29) is 5.56 Å². The van der Waals surface area contributed by atoms with E-state index in [2.05, 4.69) is 25.9 Å². The highest BCUT2D eigenvalue weighted by Gasteiger charge is 2.11. The summed E-state index contributed by atoms with van der Waals surface area (Å²) in [6, 6.07) is 12.7. The number of rotatable bonds is 3. The van der Waals surface area contributed by atoms with E-state index < -0.39 is 11.7 Å². The lowest BCUT2D eigenvalue weighted by Crippen LogP contribution is -2.13. The number of anilines is 1. The minimum absolute atomic E-state index is 0.0116. The highest BCUT2D eigenvalue weighted by molar-refractivity contribution is 6.04. The molecule has 0 saturated carbocycles. The van der Waals surface area contributed by atoms with Gasteiger partial charge in [-0.1, -0.05) is 24.3 Å². The number of amides is 1. The van der Waals surface area contributed by atoms with Gasteiger partial charge in [-0.3, -0.25) is 4.79 Å². The van der Waals surface area contributed by atoms with Crippen molar-refractivity contribution in [2.45, 2.75) is 0 Å². The molecule has 104 valence electrons. The number of hydrogen-bond acceptors (Lipinski definition) is 4. The number of aromatic nitrogens is 4. The minimum atomic E-state index is -0.565. The molecule has 0 bridgehead atoms. The first-order chi connectivity index (χ1) is 10.2. The van der Waals surface area contributed by atoms with Gasteiger partial charge >= 0.3 is 0 Å². The molecule has 0 radical (unpaired) electrons. The number of carbonyl (C=O) groups is 1. The molecule has 0 fully saturated rings. The topological polar surface area (TPSA) is 83.6 Å². The van der Waals surface area contributed by atoms with Crippen molar-refractivity contribution in [3.63, 3.8) is 0 Å². The summed E-state index contributed by atoms with van der Waals surface area (Å²) >= 11 is 0. The van der Waals surface area contributed by atoms with E-state index in [1.807, 2.05) is 0 Å². The van der Waals surface area contributed by atoms with Gasteiger partial charge in [0, 0.05) is 11.3 Å². The van der Waals surface area contributed by atoms with Gasteiger partial charge < -0.3 is 5.32 Å². The van der Waals surface area contributed by atoms with Crippen LogP contribution in [-0.2, 0) is 0 Å². The monoisotopic (exact) mass is 283 g/mol. The Morgan fingerprint density at radius 3 is 2.76 bits per heavy atom. The van der Waals surface area contributed by atoms with Crippen molar-refractivity contribution in [1.82, 2.24) is 20.6 Å². The van der Waals surface area contributed by atoms with Crippen LogP contribution in [0.15, 0.2) is 48.5 Å². The molecule has 1 heterocycles. The molecule has 0 spiro atoms. The van der Waals surface area contributed by atoms with Gasteiger partial charge in [0.2, 0.25) is 5.82 Å². The Hall–Kier alpha value is -3.09. The Morgan fingerprint density at radius 1 is 1.14 bits per heavy atom. The fraction of sp³-hybridized carbons (Fsp3) is 0. The zero-order valence-electron chi connectivity index (χ0n) is 10.7. The second-order valence-corrected chi connectivity index (χ2v) is 4.25. The predicted molar refractivity (Wildman–Crippen MR) is 74.0 cm³/mol. The second kappa shape index (κ2) is 5.49. The van der Waals surface area contributed by atoms with Crippen LogP contribution in [-0.4, -0.2) is 26.5 Å². The van der Waals surface area contributed by atoms with Gasteiger partial charge in [-0.2, -0.15) is 5.21 Å². The SMILES string of the molecule is O=C(Nc1cccc(-c2nn[nH]n2)c1)c1ccccc1F. The van der Waals surface area contributed by atoms with Gasteiger partial charge in [-0.15, -0.1) is 10.2 Å². The zero-order valence-corrected chi connectivity index (χ0v) is 10.7. The third kappa shape index (κ3) is 2.76. The first-order valence-corrected chi connectivity index (χ1v) is 6.14. The number of hydrogen-bond donors (Lipinski definition) is 2. The number of nitrogens with zero attached hydrogens (tertiary/aromatic N) is 3. The Morgan fingerprint density at radius 2 is 2.00 bits per heavy atom. The molecular formula is C14H10FN5O. The molecule has 0 aliphatic heterocycles. The maximum atomic E-state index is 13.6. The van der Waals surface area contributed by atoms with Crippen LogP contribution in [0.1, 0.15) is 10.4 Å². The molecule has 6 nitrogen and oxygen atoms in total. The average molecular weight is 283 g/mol. The van der Waals surface area contributed by atoms with E-state index in [0.29, 0.717) is 17.1 Å². The molecule has 0 atom stereocenters. The molecule has 0 unspecified atom stereocenters. The van der Waals surface area contributed by atoms with Gasteiger partial charge in [0.05, 0.1) is 5.56 Å². The van der Waals surface area contributed by atoms with Crippen LogP contribution in [0.25, 0.3) is 11.4 Å². The summed E-state index contributed by atoms with van der Waals surface area (Å²) in [6.45, 7) is 0. The molecule has 0 aliphatic rings. The second-order valence-electron chi connectivity index (χ2n) is 4.25. The first kappa shape index (κ1) is 12.9. The van der Waals surface area contributed by atoms with Crippen LogP contribution >= 0.6 is 0 Å². The summed E-state index contributed by atoms with van der Waals surface area (Å²) in [5.41, 5.74) is 1.20. The number of halogens is 1. The lowest BCUT2D eigenvalue weighted by molar-refractivity contribution is 0.102. The molecule has 7 heteroatoms. The van der Waals surface area contributed by atoms with Crippen molar-refractivity contribution in [2.24, 2.45) is 0 Å². The number of nitrogens with one attached hydrogen (secondary N) is 2. The summed E-state index contributed by atoms with van der Waals surface area (Å²) < 4.78 is 13.6. The average Bonchev–Trinajstić information content (AvgIpc) is 3.02. The number of aromatic amines is 1. The van der Waals surface area contributed by atoms with Crippen molar-refractivity contribution in [3.05, 3.63) is 59.9 Å². The molecule has 3 rings (SSSR count). The van der Waals surface area contributed by atoms with Crippen LogP contribution in [0.2, 0.25) is 0 Å². The highest BCUT2D eigenvalue weighted by atomic mass is 19.1. The van der Waals surface area contributed by atoms with Crippen molar-refractivity contribution in [1.29, 1.82) is 0 Å². The summed E-state index contributed by atoms with van der Waals surface area (Å²) in [7, 11) is 0. The van der Waals surface area contributed by atoms with Gasteiger partial charge in [-0.25, -0.2) is 4.39 Å². The van der Waals surface area contributed by atoms with E-state index >= 15 is 0 Å². The predicted octanol–water partition coefficient (Wildman–Crippen LogP) is 2.26. The van der Waals surface area contributed by atoms with E-state index in [1.54, 1.807) is 30.3 Å². The quantitative estimate of drug-likeness (QED) is 0.772. The molecular weight excluding hydrogens is 273 g/mol. The molecule has 21 heavy (non-hydrogen) atoms. The summed E-state index contributed by atoms with van der Waals surface area (Å²) in [6.07, 6.45) is 0. The highest BCUT2D eigenvalue weighted by Crippen LogP contribution is 2.19. The molecule has 2 aromatic carbocycles. The van der Waals surface area contributed by atoms with Gasteiger partial charge in [-0.05, 0) is 29.5 Å². The van der Waals surface area contributed by atoms with E-state index in [0.717, 1.165) is 0 Å². The van der Waals surface area contributed by atoms with Crippen molar-refractivity contribution >= 4 is 11.6 Å². The van der Waals surface area contributed by atoms with Gasteiger partial charge in [0.15, 0.2) is 0 Å². The number of carbonyl (C=O) groups excluding carboxylic acids is 1. The number of tetrazole rings is 1. The van der Waals surface area contributed by atoms with Gasteiger partial charge in [0.1, 0.15) is 5.82 Å². The van der Waals surface area contributed by atoms with Crippen molar-refractivity contribution in [3.8, 4) is 11.4 Å². The van der Waals surface area contributed by atoms with Crippen LogP contribution in [0.5, 0.6) is 0 Å². The molecule has 3 aromatic rings. The summed E-state index contributed by atoms with van der Waals surface area (Å²) in [4.78, 5) is 12.0. The van der Waals surface area contributed by atoms with Crippen molar-refractivity contribution < 1.29 is 9.18 Å². The lowest BCUT2D eigenvalue weighted by Gasteiger charge is -2.06. The molecule has 1 aromatic heterocycles. The summed E-state index contributed by atoms with van der Waals surface area (Å²) in [5, 5.41) is 16.2. The van der Waals surface area contributed by atoms with Crippen LogP contribution in [0.3, 0.4) is 0 Å². The molecule has 1 amide bonds. The zero-order chi connectivity index (χ0) is 14.7. The summed E-state index contributed by atoms with van der Waals surface area (Å²) in [5.74, 6) is -0.667. The third-order valence-electron chi connectivity index (χ3n) is 2.84. The van der Waals surface area contributed by atoms with Crippen molar-refractivity contribution in [2.75, 3.05) is 5.32 Å². The first-order valence-electron chi connectivity index (χ1n) is 6.14. The fourth-order valence-corrected chi connectivity index (χ4v) is 1.86. The Labute approximate surface area is 119 Å². The molecule has 0 saturated heterocycles. The molecule has 2 N–H and O–H groups in total. The van der Waals surface area contributed by atoms with E-state index in [9.17, 15) is 9.18 Å². The maximum Gasteiger partial charge on any atom is 0.258 e. The van der Waals surface area contributed by atoms with Crippen LogP contribution in [0.4, 0.5) is 10.1 Å². The smallest absolute Gasteiger partial charge is 0.258 e. The number of H-pyrrole nitrogens is 1. The normalized spacial score (nSPS) is 10.3. The Balaban J connectivity index is 1.84. The van der Waals surface area contributed by atoms with Gasteiger partial charge in [0.25, 0.3) is 5.91 Å². The third-order valence-corrected chi connectivity index (χ3v) is 2.84. The van der Waals surface area contributed by atoms with E-state index in [1.165, 1.54) is 18.2 Å². The fourth-order valence-electron chi connectivity index (χ4n) is 1.86. The van der Waals surface area contributed by atoms with E-state index in [4.69, 9.17) is 0 Å². The standard InChI is InChI=1S/C14H10FN5O/c15-12-7-2-1-6-11(12)14(21)16-10-5-3-4-9(8-10)13-17-19-20-18-13/h1-8H,(H,16,21)(H,17,18,19,20). The minimum Gasteiger partial charge on any atom is -0.322 e. The Bertz CT molecular complexity index is 773. The molecule has 0 aliphatic carbocycles. The lowest BCUT2D eigenvalue weighted by atomic mass is 10.1. The van der Waals surface area contributed by atoms with Crippen LogP contribution in [0, 0.1) is 5.82 Å². The van der Waals surface area contributed by atoms with Crippen LogP contribution < -0.4 is 5.32 Å². The largest absolute Gasteiger partial charge is 0.322 e.